The van der Waals surface area contributed by atoms with Crippen molar-refractivity contribution >= 4 is 71.4 Å². The quantitative estimate of drug-likeness (QED) is 0.150. The fraction of sp³-hybridized carbons (Fsp3) is 0.350. The van der Waals surface area contributed by atoms with Crippen LogP contribution in [-0.4, -0.2) is 30.9 Å². The molecule has 2 heterocycles. The minimum Gasteiger partial charge on any atom is -0.713 e. The Labute approximate surface area is 307 Å². The minimum absolute atomic E-state index is 0. The zero-order valence-electron chi connectivity index (χ0n) is 29.2. The average molecular weight is 842 g/mol. The molecule has 47 heavy (non-hydrogen) atoms. The van der Waals surface area contributed by atoms with E-state index in [0.29, 0.717) is 0 Å². The SMILES string of the molecule is CC(C)(C)c1ccc([N+]2=C=[N+](C(C)(C)[S-])c3ccccc32)cc1.CC(C)(C)c1ccc([N+]2=C=[N+](C(C)(C)[S-])c3ccccc32)cc1.[Pt+2]. The number of fused-ring (bicyclic) bond motifs is 2. The van der Waals surface area contributed by atoms with Crippen molar-refractivity contribution in [3.63, 3.8) is 0 Å². The van der Waals surface area contributed by atoms with Crippen molar-refractivity contribution in [1.82, 2.24) is 9.15 Å². The summed E-state index contributed by atoms with van der Waals surface area (Å²) in [6.07, 6.45) is 0. The van der Waals surface area contributed by atoms with Gasteiger partial charge in [-0.2, -0.15) is 0 Å². The first kappa shape index (κ1) is 36.9. The molecule has 0 bridgehead atoms. The molecule has 6 rings (SSSR count). The molecule has 0 N–H and O–H groups in total. The number of hydrogen-bond donors (Lipinski definition) is 0. The van der Waals surface area contributed by atoms with Crippen molar-refractivity contribution in [2.24, 2.45) is 0 Å². The average Bonchev–Trinajstić information content (AvgIpc) is 3.57. The molecule has 7 heteroatoms. The van der Waals surface area contributed by atoms with Gasteiger partial charge in [0.15, 0.2) is 0 Å². The number of para-hydroxylation sites is 4. The summed E-state index contributed by atoms with van der Waals surface area (Å²) in [5.74, 6) is 0. The maximum Gasteiger partial charge on any atom is 2.00 e. The molecule has 0 fully saturated rings. The molecule has 4 nitrogen and oxygen atoms in total. The molecule has 244 valence electrons. The van der Waals surface area contributed by atoms with E-state index in [1.807, 2.05) is 49.0 Å². The largest absolute Gasteiger partial charge is 2.00 e. The van der Waals surface area contributed by atoms with Crippen LogP contribution in [0.3, 0.4) is 0 Å². The van der Waals surface area contributed by atoms with Crippen LogP contribution in [0, 0.1) is 0 Å². The summed E-state index contributed by atoms with van der Waals surface area (Å²) >= 11 is 11.3. The summed E-state index contributed by atoms with van der Waals surface area (Å²) < 4.78 is 8.26. The van der Waals surface area contributed by atoms with Crippen LogP contribution >= 0.6 is 0 Å². The van der Waals surface area contributed by atoms with Crippen LogP contribution in [0.1, 0.15) is 80.4 Å². The standard InChI is InChI=1S/2C20H23N2S.Pt/c2*1-19(2,3)15-10-12-16(13-11-15)21-14-22(20(4,5)23)18-9-7-6-8-17(18)21;/h2*6-13H,1-5H3;/q2*+1;+2. The molecule has 0 amide bonds. The Morgan fingerprint density at radius 2 is 0.702 bits per heavy atom. The maximum absolute atomic E-state index is 5.63. The number of rotatable bonds is 4. The van der Waals surface area contributed by atoms with Gasteiger partial charge in [0.05, 0.1) is 9.74 Å². The first-order valence-corrected chi connectivity index (χ1v) is 16.7. The van der Waals surface area contributed by atoms with Gasteiger partial charge < -0.3 is 25.3 Å². The van der Waals surface area contributed by atoms with Crippen LogP contribution in [0.2, 0.25) is 0 Å². The van der Waals surface area contributed by atoms with Gasteiger partial charge in [-0.05, 0) is 58.8 Å². The second-order valence-corrected chi connectivity index (χ2v) is 17.0. The van der Waals surface area contributed by atoms with E-state index in [4.69, 9.17) is 25.3 Å². The van der Waals surface area contributed by atoms with E-state index < -0.39 is 9.74 Å². The van der Waals surface area contributed by atoms with E-state index in [0.717, 1.165) is 34.1 Å². The Hall–Kier alpha value is -2.97. The van der Waals surface area contributed by atoms with Gasteiger partial charge in [-0.1, -0.05) is 90.1 Å². The van der Waals surface area contributed by atoms with Gasteiger partial charge in [-0.3, -0.25) is 0 Å². The van der Waals surface area contributed by atoms with Crippen LogP contribution in [0.4, 0.5) is 34.1 Å². The fourth-order valence-electron chi connectivity index (χ4n) is 5.54. The van der Waals surface area contributed by atoms with Gasteiger partial charge in [0.1, 0.15) is 0 Å². The van der Waals surface area contributed by atoms with E-state index >= 15 is 0 Å². The zero-order valence-corrected chi connectivity index (χ0v) is 33.1. The van der Waals surface area contributed by atoms with Crippen molar-refractivity contribution < 1.29 is 30.2 Å². The molecule has 0 spiro atoms. The van der Waals surface area contributed by atoms with Crippen molar-refractivity contribution in [1.29, 1.82) is 0 Å². The van der Waals surface area contributed by atoms with Crippen LogP contribution in [0.5, 0.6) is 0 Å². The molecule has 0 atom stereocenters. The van der Waals surface area contributed by atoms with E-state index in [1.165, 1.54) is 11.1 Å². The predicted octanol–water partition coefficient (Wildman–Crippen LogP) is 9.86. The topological polar surface area (TPSA) is 12.0 Å². The summed E-state index contributed by atoms with van der Waals surface area (Å²) in [6, 6.07) is 40.9. The molecule has 4 aromatic carbocycles. The molecule has 0 radical (unpaired) electrons. The zero-order chi connectivity index (χ0) is 33.7. The van der Waals surface area contributed by atoms with Crippen molar-refractivity contribution in [3.8, 4) is 0 Å². The van der Waals surface area contributed by atoms with Gasteiger partial charge in [0, 0.05) is 48.5 Å². The molecule has 2 aliphatic rings. The van der Waals surface area contributed by atoms with E-state index in [9.17, 15) is 0 Å². The maximum atomic E-state index is 5.63. The van der Waals surface area contributed by atoms with Gasteiger partial charge in [0.2, 0.25) is 11.4 Å². The molecule has 0 saturated heterocycles. The second kappa shape index (κ2) is 13.5. The summed E-state index contributed by atoms with van der Waals surface area (Å²) in [4.78, 5) is -0.841. The Kier molecular flexibility index (Phi) is 10.6. The summed E-state index contributed by atoms with van der Waals surface area (Å²) in [6.45, 7) is 21.5. The summed E-state index contributed by atoms with van der Waals surface area (Å²) in [7, 11) is 0. The van der Waals surface area contributed by atoms with E-state index in [-0.39, 0.29) is 31.9 Å². The van der Waals surface area contributed by atoms with Crippen LogP contribution in [0.25, 0.3) is 0 Å². The van der Waals surface area contributed by atoms with E-state index in [1.54, 1.807) is 0 Å². The fourth-order valence-corrected chi connectivity index (χ4v) is 5.81. The number of hydrogen-bond acceptors (Lipinski definition) is 2. The Morgan fingerprint density at radius 1 is 0.426 bits per heavy atom. The summed E-state index contributed by atoms with van der Waals surface area (Å²) in [5.41, 5.74) is 9.62. The summed E-state index contributed by atoms with van der Waals surface area (Å²) in [5, 5.41) is 0. The molecule has 4 aromatic rings. The third-order valence-electron chi connectivity index (χ3n) is 8.19. The van der Waals surface area contributed by atoms with Gasteiger partial charge >= 0.3 is 33.1 Å². The van der Waals surface area contributed by atoms with Crippen LogP contribution < -0.4 is 9.15 Å². The molecule has 0 aliphatic carbocycles. The number of nitrogens with zero attached hydrogens (tertiary/aromatic N) is 4. The van der Waals surface area contributed by atoms with Crippen molar-refractivity contribution in [2.45, 2.75) is 89.8 Å². The first-order valence-electron chi connectivity index (χ1n) is 15.9. The second-order valence-electron chi connectivity index (χ2n) is 15.0. The molecular formula is C40H46N4PtS2+4. The van der Waals surface area contributed by atoms with Crippen molar-refractivity contribution in [2.75, 3.05) is 0 Å². The Morgan fingerprint density at radius 3 is 0.957 bits per heavy atom. The third kappa shape index (κ3) is 8.02. The normalized spacial score (nSPS) is 14.0. The van der Waals surface area contributed by atoms with Gasteiger partial charge in [0.25, 0.3) is 22.7 Å². The Bertz CT molecular complexity index is 1770. The van der Waals surface area contributed by atoms with Gasteiger partial charge in [-0.15, -0.1) is 9.15 Å². The molecule has 0 saturated carbocycles. The third-order valence-corrected chi connectivity index (χ3v) is 8.55. The van der Waals surface area contributed by atoms with Crippen LogP contribution in [0.15, 0.2) is 97.1 Å². The number of benzene rings is 4. The first-order chi connectivity index (χ1) is 21.4. The molecule has 0 unspecified atom stereocenters. The van der Waals surface area contributed by atoms with Crippen molar-refractivity contribution in [3.05, 3.63) is 108 Å². The molecule has 2 aliphatic heterocycles. The monoisotopic (exact) mass is 841 g/mol. The van der Waals surface area contributed by atoms with Gasteiger partial charge in [-0.25, -0.2) is 0 Å². The smallest absolute Gasteiger partial charge is 0.713 e. The molecular weight excluding hydrogens is 796 g/mol. The minimum atomic E-state index is -0.420. The van der Waals surface area contributed by atoms with E-state index in [2.05, 4.69) is 148 Å². The predicted molar refractivity (Wildman–Crippen MR) is 199 cm³/mol. The molecule has 0 aromatic heterocycles. The Balaban J connectivity index is 0.000000208. The van der Waals surface area contributed by atoms with Crippen LogP contribution in [-0.2, 0) is 57.2 Å².